The van der Waals surface area contributed by atoms with E-state index in [1.165, 1.54) is 0 Å². The predicted molar refractivity (Wildman–Crippen MR) is 163 cm³/mol. The van der Waals surface area contributed by atoms with E-state index in [-0.39, 0.29) is 25.2 Å². The van der Waals surface area contributed by atoms with Crippen molar-refractivity contribution in [3.8, 4) is 17.2 Å². The van der Waals surface area contributed by atoms with Gasteiger partial charge in [0, 0.05) is 5.69 Å². The van der Waals surface area contributed by atoms with Crippen LogP contribution in [0.15, 0.2) is 117 Å². The van der Waals surface area contributed by atoms with Crippen LogP contribution >= 0.6 is 0 Å². The Balaban J connectivity index is 1.16. The van der Waals surface area contributed by atoms with Gasteiger partial charge in [0.1, 0.15) is 47.9 Å². The summed E-state index contributed by atoms with van der Waals surface area (Å²) >= 11 is 0. The van der Waals surface area contributed by atoms with Gasteiger partial charge in [-0.1, -0.05) is 52.9 Å². The molecule has 2 unspecified atom stereocenters. The summed E-state index contributed by atoms with van der Waals surface area (Å²) in [7, 11) is 0. The average molecular weight is 590 g/mol. The molecule has 5 aromatic rings. The van der Waals surface area contributed by atoms with Crippen LogP contribution in [0.25, 0.3) is 0 Å². The lowest BCUT2D eigenvalue weighted by molar-refractivity contribution is -0.135. The topological polar surface area (TPSA) is 109 Å². The summed E-state index contributed by atoms with van der Waals surface area (Å²) in [5.74, 6) is 1.83. The maximum absolute atomic E-state index is 13.5. The standard InChI is InChI=1S/C33H31N7O4/c1-3-18-38-20-25(34-36-38)22-42-28-14-10-24(11-15-28)31-32(44-30-8-6-5-7-9-30)33(41)40(31)27-12-16-29(17-13-27)43-23-26-21-39(19-4-2)37-35-26/h3-17,20-21,31-32H,1-2,18-19,22-23H2. The molecule has 11 nitrogen and oxygen atoms in total. The van der Waals surface area contributed by atoms with Crippen LogP contribution in [0.1, 0.15) is 23.0 Å². The van der Waals surface area contributed by atoms with Crippen LogP contribution in [-0.2, 0) is 31.1 Å². The summed E-state index contributed by atoms with van der Waals surface area (Å²) < 4.78 is 21.4. The third-order valence-electron chi connectivity index (χ3n) is 6.97. The third kappa shape index (κ3) is 6.36. The Morgan fingerprint density at radius 2 is 1.25 bits per heavy atom. The Kier molecular flexibility index (Phi) is 8.44. The first-order valence-electron chi connectivity index (χ1n) is 14.1. The van der Waals surface area contributed by atoms with E-state index in [4.69, 9.17) is 14.2 Å². The smallest absolute Gasteiger partial charge is 0.271 e. The number of carbonyl (C=O) groups is 1. The zero-order valence-corrected chi connectivity index (χ0v) is 24.0. The number of anilines is 1. The molecule has 44 heavy (non-hydrogen) atoms. The van der Waals surface area contributed by atoms with E-state index in [0.717, 1.165) is 16.9 Å². The summed E-state index contributed by atoms with van der Waals surface area (Å²) in [5.41, 5.74) is 3.08. The van der Waals surface area contributed by atoms with Gasteiger partial charge in [0.2, 0.25) is 6.10 Å². The number of carbonyl (C=O) groups excluding carboxylic acids is 1. The SMILES string of the molecule is C=CCn1cc(COc2ccc(C3C(Oc4ccccc4)C(=O)N3c3ccc(OCc4cn(CC=C)nn4)cc3)cc2)nn1. The van der Waals surface area contributed by atoms with E-state index < -0.39 is 6.10 Å². The predicted octanol–water partition coefficient (Wildman–Crippen LogP) is 4.94. The molecule has 11 heteroatoms. The van der Waals surface area contributed by atoms with Gasteiger partial charge >= 0.3 is 0 Å². The summed E-state index contributed by atoms with van der Waals surface area (Å²) in [4.78, 5) is 15.2. The van der Waals surface area contributed by atoms with Crippen LogP contribution in [0.2, 0.25) is 0 Å². The molecule has 0 saturated carbocycles. The molecular formula is C33H31N7O4. The van der Waals surface area contributed by atoms with E-state index in [0.29, 0.717) is 36.0 Å². The van der Waals surface area contributed by atoms with E-state index in [9.17, 15) is 4.79 Å². The number of benzene rings is 3. The molecule has 0 spiro atoms. The lowest BCUT2D eigenvalue weighted by Gasteiger charge is -2.46. The molecule has 1 aliphatic heterocycles. The minimum Gasteiger partial charge on any atom is -0.487 e. The van der Waals surface area contributed by atoms with E-state index in [1.54, 1.807) is 26.4 Å². The number of hydrogen-bond acceptors (Lipinski definition) is 8. The second-order valence-corrected chi connectivity index (χ2v) is 10.1. The average Bonchev–Trinajstić information content (AvgIpc) is 3.71. The van der Waals surface area contributed by atoms with Gasteiger partial charge in [0.05, 0.1) is 25.5 Å². The molecule has 1 aliphatic rings. The second kappa shape index (κ2) is 13.1. The van der Waals surface area contributed by atoms with Crippen molar-refractivity contribution < 1.29 is 19.0 Å². The quantitative estimate of drug-likeness (QED) is 0.132. The van der Waals surface area contributed by atoms with Crippen molar-refractivity contribution in [2.45, 2.75) is 38.4 Å². The van der Waals surface area contributed by atoms with Crippen LogP contribution in [-0.4, -0.2) is 42.0 Å². The molecule has 6 rings (SSSR count). The summed E-state index contributed by atoms with van der Waals surface area (Å²) in [6, 6.07) is 24.1. The first kappa shape index (κ1) is 28.4. The Morgan fingerprint density at radius 3 is 1.80 bits per heavy atom. The third-order valence-corrected chi connectivity index (χ3v) is 6.97. The van der Waals surface area contributed by atoms with Gasteiger partial charge in [-0.05, 0) is 54.1 Å². The Hall–Kier alpha value is -5.71. The molecule has 1 fully saturated rings. The van der Waals surface area contributed by atoms with Crippen molar-refractivity contribution in [1.29, 1.82) is 0 Å². The number of rotatable bonds is 14. The first-order valence-corrected chi connectivity index (χ1v) is 14.1. The highest BCUT2D eigenvalue weighted by Crippen LogP contribution is 2.42. The van der Waals surface area contributed by atoms with Crippen LogP contribution in [0.5, 0.6) is 17.2 Å². The molecule has 0 radical (unpaired) electrons. The number of ether oxygens (including phenoxy) is 3. The zero-order chi connectivity index (χ0) is 30.3. The van der Waals surface area contributed by atoms with Crippen molar-refractivity contribution >= 4 is 11.6 Å². The highest BCUT2D eigenvalue weighted by molar-refractivity contribution is 6.05. The molecule has 3 heterocycles. The number of β-lactam (4-membered cyclic amide) rings is 1. The molecule has 0 N–H and O–H groups in total. The molecular weight excluding hydrogens is 558 g/mol. The van der Waals surface area contributed by atoms with Gasteiger partial charge in [0.25, 0.3) is 5.91 Å². The van der Waals surface area contributed by atoms with Gasteiger partial charge in [-0.25, -0.2) is 9.36 Å². The molecule has 2 aromatic heterocycles. The second-order valence-electron chi connectivity index (χ2n) is 10.1. The summed E-state index contributed by atoms with van der Waals surface area (Å²) in [6.45, 7) is 9.14. The van der Waals surface area contributed by atoms with Gasteiger partial charge in [-0.3, -0.25) is 9.69 Å². The van der Waals surface area contributed by atoms with E-state index in [2.05, 4.69) is 33.8 Å². The van der Waals surface area contributed by atoms with Gasteiger partial charge in [0.15, 0.2) is 0 Å². The highest BCUT2D eigenvalue weighted by Gasteiger charge is 2.51. The first-order chi connectivity index (χ1) is 21.6. The Morgan fingerprint density at radius 1 is 0.705 bits per heavy atom. The highest BCUT2D eigenvalue weighted by atomic mass is 16.5. The van der Waals surface area contributed by atoms with Crippen molar-refractivity contribution in [2.75, 3.05) is 4.90 Å². The number of para-hydroxylation sites is 1. The molecule has 0 bridgehead atoms. The van der Waals surface area contributed by atoms with Crippen LogP contribution in [0.4, 0.5) is 5.69 Å². The van der Waals surface area contributed by atoms with Crippen LogP contribution in [0.3, 0.4) is 0 Å². The number of hydrogen-bond donors (Lipinski definition) is 0. The fraction of sp³-hybridized carbons (Fsp3) is 0.182. The van der Waals surface area contributed by atoms with Gasteiger partial charge < -0.3 is 14.2 Å². The largest absolute Gasteiger partial charge is 0.487 e. The molecule has 3 aromatic carbocycles. The van der Waals surface area contributed by atoms with Crippen molar-refractivity contribution in [3.63, 3.8) is 0 Å². The van der Waals surface area contributed by atoms with Crippen LogP contribution in [0, 0.1) is 0 Å². The molecule has 222 valence electrons. The zero-order valence-electron chi connectivity index (χ0n) is 24.0. The maximum Gasteiger partial charge on any atom is 0.271 e. The molecule has 1 amide bonds. The Bertz CT molecular complexity index is 1720. The lowest BCUT2D eigenvalue weighted by Crippen LogP contribution is -2.61. The minimum atomic E-state index is -0.682. The van der Waals surface area contributed by atoms with Crippen molar-refractivity contribution in [2.24, 2.45) is 0 Å². The van der Waals surface area contributed by atoms with E-state index >= 15 is 0 Å². The van der Waals surface area contributed by atoms with Crippen molar-refractivity contribution in [3.05, 3.63) is 134 Å². The maximum atomic E-state index is 13.5. The van der Waals surface area contributed by atoms with Crippen molar-refractivity contribution in [1.82, 2.24) is 30.0 Å². The normalized spacial score (nSPS) is 15.8. The molecule has 1 saturated heterocycles. The van der Waals surface area contributed by atoms with Crippen LogP contribution < -0.4 is 19.1 Å². The number of amides is 1. The summed E-state index contributed by atoms with van der Waals surface area (Å²) in [5, 5.41) is 16.3. The van der Waals surface area contributed by atoms with E-state index in [1.807, 2.05) is 91.3 Å². The van der Waals surface area contributed by atoms with Gasteiger partial charge in [-0.2, -0.15) is 0 Å². The summed E-state index contributed by atoms with van der Waals surface area (Å²) in [6.07, 6.45) is 6.46. The Labute approximate surface area is 254 Å². The lowest BCUT2D eigenvalue weighted by atomic mass is 9.89. The number of allylic oxidation sites excluding steroid dienone is 2. The monoisotopic (exact) mass is 589 g/mol. The number of nitrogens with zero attached hydrogens (tertiary/aromatic N) is 7. The minimum absolute atomic E-state index is 0.130. The molecule has 0 aliphatic carbocycles. The van der Waals surface area contributed by atoms with Gasteiger partial charge in [-0.15, -0.1) is 23.4 Å². The fourth-order valence-corrected chi connectivity index (χ4v) is 4.87. The number of aromatic nitrogens is 6. The fourth-order valence-electron chi connectivity index (χ4n) is 4.87. The molecule has 2 atom stereocenters.